The van der Waals surface area contributed by atoms with Gasteiger partial charge in [-0.3, -0.25) is 0 Å². The fourth-order valence-corrected chi connectivity index (χ4v) is 1.74. The molecule has 2 rings (SSSR count). The van der Waals surface area contributed by atoms with Gasteiger partial charge in [-0.25, -0.2) is 9.78 Å². The largest absolute Gasteiger partial charge is 0.490 e. The molecule has 20 heavy (non-hydrogen) atoms. The van der Waals surface area contributed by atoms with E-state index in [0.29, 0.717) is 29.7 Å². The van der Waals surface area contributed by atoms with Crippen molar-refractivity contribution in [2.24, 2.45) is 0 Å². The van der Waals surface area contributed by atoms with Crippen LogP contribution in [0.2, 0.25) is 0 Å². The number of aromatic carboxylic acids is 1. The van der Waals surface area contributed by atoms with E-state index < -0.39 is 5.97 Å². The highest BCUT2D eigenvalue weighted by Gasteiger charge is 2.11. The van der Waals surface area contributed by atoms with Gasteiger partial charge in [0.2, 0.25) is 5.88 Å². The molecule has 104 valence electrons. The molecule has 2 aromatic rings. The molecule has 0 aliphatic heterocycles. The topological polar surface area (TPSA) is 68.7 Å². The summed E-state index contributed by atoms with van der Waals surface area (Å²) in [5.74, 6) is 0.497. The predicted octanol–water partition coefficient (Wildman–Crippen LogP) is 3.28. The summed E-state index contributed by atoms with van der Waals surface area (Å²) < 4.78 is 11.1. The normalized spacial score (nSPS) is 10.1. The van der Waals surface area contributed by atoms with Crippen molar-refractivity contribution in [3.8, 4) is 17.4 Å². The van der Waals surface area contributed by atoms with Crippen molar-refractivity contribution in [2.75, 3.05) is 6.61 Å². The van der Waals surface area contributed by atoms with Crippen molar-refractivity contribution in [1.29, 1.82) is 0 Å². The minimum absolute atomic E-state index is 0.162. The summed E-state index contributed by atoms with van der Waals surface area (Å²) in [6, 6.07) is 10.3. The zero-order chi connectivity index (χ0) is 14.5. The number of aryl methyl sites for hydroxylation is 1. The van der Waals surface area contributed by atoms with Crippen LogP contribution in [0.5, 0.6) is 17.4 Å². The zero-order valence-electron chi connectivity index (χ0n) is 11.3. The van der Waals surface area contributed by atoms with Crippen molar-refractivity contribution in [2.45, 2.75) is 13.8 Å². The van der Waals surface area contributed by atoms with Gasteiger partial charge >= 0.3 is 5.97 Å². The Labute approximate surface area is 116 Å². The van der Waals surface area contributed by atoms with Gasteiger partial charge in [-0.05, 0) is 32.0 Å². The zero-order valence-corrected chi connectivity index (χ0v) is 11.3. The summed E-state index contributed by atoms with van der Waals surface area (Å²) in [6.07, 6.45) is 0. The second-order valence-corrected chi connectivity index (χ2v) is 4.07. The lowest BCUT2D eigenvalue weighted by Crippen LogP contribution is -2.02. The monoisotopic (exact) mass is 273 g/mol. The number of aromatic nitrogens is 1. The smallest absolute Gasteiger partial charge is 0.337 e. The molecule has 0 atom stereocenters. The van der Waals surface area contributed by atoms with Crippen LogP contribution in [-0.4, -0.2) is 22.7 Å². The average Bonchev–Trinajstić information content (AvgIpc) is 2.41. The van der Waals surface area contributed by atoms with Crippen molar-refractivity contribution >= 4 is 5.97 Å². The van der Waals surface area contributed by atoms with Gasteiger partial charge in [0.1, 0.15) is 0 Å². The minimum atomic E-state index is -1.00. The Balaban J connectivity index is 2.26. The van der Waals surface area contributed by atoms with Crippen LogP contribution in [0, 0.1) is 6.92 Å². The Kier molecular flexibility index (Phi) is 4.20. The van der Waals surface area contributed by atoms with E-state index in [2.05, 4.69) is 4.98 Å². The Morgan fingerprint density at radius 3 is 2.50 bits per heavy atom. The summed E-state index contributed by atoms with van der Waals surface area (Å²) in [6.45, 7) is 4.05. The fraction of sp³-hybridized carbons (Fsp3) is 0.200. The Hall–Kier alpha value is -2.56. The molecule has 0 unspecified atom stereocenters. The maximum atomic E-state index is 10.9. The fourth-order valence-electron chi connectivity index (χ4n) is 1.74. The summed E-state index contributed by atoms with van der Waals surface area (Å²) in [5, 5.41) is 8.96. The van der Waals surface area contributed by atoms with Gasteiger partial charge in [0.05, 0.1) is 17.9 Å². The highest BCUT2D eigenvalue weighted by Crippen LogP contribution is 2.30. The summed E-state index contributed by atoms with van der Waals surface area (Å²) in [7, 11) is 0. The molecule has 0 fully saturated rings. The first-order chi connectivity index (χ1) is 9.61. The quantitative estimate of drug-likeness (QED) is 0.905. The van der Waals surface area contributed by atoms with Crippen LogP contribution in [0.4, 0.5) is 0 Å². The molecule has 0 bridgehead atoms. The first kappa shape index (κ1) is 13.9. The number of benzene rings is 1. The van der Waals surface area contributed by atoms with Gasteiger partial charge in [0, 0.05) is 6.07 Å². The maximum Gasteiger partial charge on any atom is 0.337 e. The number of carbonyl (C=O) groups is 1. The highest BCUT2D eigenvalue weighted by atomic mass is 16.5. The van der Waals surface area contributed by atoms with Crippen LogP contribution in [0.15, 0.2) is 36.4 Å². The number of para-hydroxylation sites is 2. The number of hydrogen-bond donors (Lipinski definition) is 1. The first-order valence-electron chi connectivity index (χ1n) is 6.22. The summed E-state index contributed by atoms with van der Waals surface area (Å²) >= 11 is 0. The SMILES string of the molecule is CCOc1ccccc1Oc1ccc(C(=O)O)c(C)n1. The maximum absolute atomic E-state index is 10.9. The van der Waals surface area contributed by atoms with Gasteiger partial charge < -0.3 is 14.6 Å². The summed E-state index contributed by atoms with van der Waals surface area (Å²) in [4.78, 5) is 15.1. The van der Waals surface area contributed by atoms with Crippen molar-refractivity contribution < 1.29 is 19.4 Å². The Morgan fingerprint density at radius 1 is 1.20 bits per heavy atom. The third kappa shape index (κ3) is 3.06. The molecule has 0 spiro atoms. The second kappa shape index (κ2) is 6.06. The molecule has 1 N–H and O–H groups in total. The molecule has 1 aromatic carbocycles. The Bertz CT molecular complexity index is 625. The number of ether oxygens (including phenoxy) is 2. The first-order valence-corrected chi connectivity index (χ1v) is 6.22. The van der Waals surface area contributed by atoms with Crippen LogP contribution < -0.4 is 9.47 Å². The van der Waals surface area contributed by atoms with Crippen LogP contribution in [0.3, 0.4) is 0 Å². The molecular weight excluding hydrogens is 258 g/mol. The molecule has 0 amide bonds. The molecular formula is C15H15NO4. The molecule has 0 aliphatic carbocycles. The number of carboxylic acid groups (broad SMARTS) is 1. The number of carboxylic acids is 1. The predicted molar refractivity (Wildman–Crippen MR) is 73.6 cm³/mol. The van der Waals surface area contributed by atoms with Crippen molar-refractivity contribution in [3.05, 3.63) is 47.7 Å². The van der Waals surface area contributed by atoms with Crippen molar-refractivity contribution in [3.63, 3.8) is 0 Å². The molecule has 5 nitrogen and oxygen atoms in total. The standard InChI is InChI=1S/C15H15NO4/c1-3-19-12-6-4-5-7-13(12)20-14-9-8-11(15(17)18)10(2)16-14/h4-9H,3H2,1-2H3,(H,17,18). The number of rotatable bonds is 5. The van der Waals surface area contributed by atoms with E-state index in [1.165, 1.54) is 12.1 Å². The van der Waals surface area contributed by atoms with E-state index in [0.717, 1.165) is 0 Å². The van der Waals surface area contributed by atoms with Gasteiger partial charge in [0.25, 0.3) is 0 Å². The third-order valence-electron chi connectivity index (χ3n) is 2.65. The van der Waals surface area contributed by atoms with E-state index >= 15 is 0 Å². The van der Waals surface area contributed by atoms with Crippen LogP contribution >= 0.6 is 0 Å². The van der Waals surface area contributed by atoms with E-state index in [-0.39, 0.29) is 5.56 Å². The van der Waals surface area contributed by atoms with Gasteiger partial charge in [0.15, 0.2) is 11.5 Å². The Morgan fingerprint density at radius 2 is 1.90 bits per heavy atom. The molecule has 0 saturated carbocycles. The lowest BCUT2D eigenvalue weighted by atomic mass is 10.2. The lowest BCUT2D eigenvalue weighted by molar-refractivity contribution is 0.0695. The molecule has 0 aliphatic rings. The minimum Gasteiger partial charge on any atom is -0.490 e. The van der Waals surface area contributed by atoms with Crippen LogP contribution in [0.25, 0.3) is 0 Å². The second-order valence-electron chi connectivity index (χ2n) is 4.07. The van der Waals surface area contributed by atoms with Gasteiger partial charge in [-0.2, -0.15) is 0 Å². The molecule has 5 heteroatoms. The molecule has 1 heterocycles. The third-order valence-corrected chi connectivity index (χ3v) is 2.65. The van der Waals surface area contributed by atoms with E-state index in [1.54, 1.807) is 19.1 Å². The van der Waals surface area contributed by atoms with E-state index in [1.807, 2.05) is 19.1 Å². The van der Waals surface area contributed by atoms with Crippen LogP contribution in [-0.2, 0) is 0 Å². The van der Waals surface area contributed by atoms with E-state index in [4.69, 9.17) is 14.6 Å². The number of nitrogens with zero attached hydrogens (tertiary/aromatic N) is 1. The lowest BCUT2D eigenvalue weighted by Gasteiger charge is -2.11. The number of hydrogen-bond acceptors (Lipinski definition) is 4. The number of pyridine rings is 1. The summed E-state index contributed by atoms with van der Waals surface area (Å²) in [5.41, 5.74) is 0.569. The molecule has 0 saturated heterocycles. The van der Waals surface area contributed by atoms with E-state index in [9.17, 15) is 4.79 Å². The molecule has 1 aromatic heterocycles. The van der Waals surface area contributed by atoms with Gasteiger partial charge in [-0.15, -0.1) is 0 Å². The highest BCUT2D eigenvalue weighted by molar-refractivity contribution is 5.88. The van der Waals surface area contributed by atoms with Crippen LogP contribution in [0.1, 0.15) is 23.0 Å². The van der Waals surface area contributed by atoms with Gasteiger partial charge in [-0.1, -0.05) is 12.1 Å². The van der Waals surface area contributed by atoms with Crippen molar-refractivity contribution in [1.82, 2.24) is 4.98 Å². The molecule has 0 radical (unpaired) electrons. The average molecular weight is 273 g/mol.